The van der Waals surface area contributed by atoms with Crippen molar-refractivity contribution in [2.24, 2.45) is 0 Å². The van der Waals surface area contributed by atoms with Crippen molar-refractivity contribution in [1.82, 2.24) is 9.97 Å². The molecule has 0 spiro atoms. The fourth-order valence-corrected chi connectivity index (χ4v) is 2.79. The fourth-order valence-electron chi connectivity index (χ4n) is 1.99. The van der Waals surface area contributed by atoms with Crippen molar-refractivity contribution >= 4 is 50.0 Å². The minimum absolute atomic E-state index is 0.435. The molecule has 20 heavy (non-hydrogen) atoms. The van der Waals surface area contributed by atoms with Crippen LogP contribution >= 0.6 is 39.1 Å². The largest absolute Gasteiger partial charge is 0.228 e. The lowest BCUT2D eigenvalue weighted by Crippen LogP contribution is -1.93. The smallest absolute Gasteiger partial charge is 0.163 e. The van der Waals surface area contributed by atoms with Crippen LogP contribution in [0.25, 0.3) is 22.3 Å². The van der Waals surface area contributed by atoms with E-state index in [2.05, 4.69) is 25.9 Å². The maximum atomic E-state index is 6.27. The molecule has 1 heterocycles. The molecule has 2 aromatic carbocycles. The van der Waals surface area contributed by atoms with E-state index in [-0.39, 0.29) is 0 Å². The Morgan fingerprint density at radius 1 is 1.00 bits per heavy atom. The Balaban J connectivity index is 2.27. The van der Waals surface area contributed by atoms with Crippen LogP contribution in [0.15, 0.2) is 40.9 Å². The van der Waals surface area contributed by atoms with E-state index in [0.29, 0.717) is 16.0 Å². The lowest BCUT2D eigenvalue weighted by atomic mass is 10.1. The highest BCUT2D eigenvalue weighted by Gasteiger charge is 2.11. The summed E-state index contributed by atoms with van der Waals surface area (Å²) in [5.74, 6) is 0.526. The Morgan fingerprint density at radius 2 is 1.80 bits per heavy atom. The molecule has 3 aromatic rings. The number of aryl methyl sites for hydroxylation is 1. The monoisotopic (exact) mass is 366 g/mol. The maximum Gasteiger partial charge on any atom is 0.163 e. The molecule has 5 heteroatoms. The summed E-state index contributed by atoms with van der Waals surface area (Å²) in [4.78, 5) is 8.91. The number of fused-ring (bicyclic) bond motifs is 1. The van der Waals surface area contributed by atoms with Crippen LogP contribution in [0.4, 0.5) is 0 Å². The van der Waals surface area contributed by atoms with E-state index in [1.54, 1.807) is 6.07 Å². The van der Waals surface area contributed by atoms with E-state index in [1.165, 1.54) is 0 Å². The number of aromatic nitrogens is 2. The summed E-state index contributed by atoms with van der Waals surface area (Å²) in [6, 6.07) is 11.5. The standard InChI is InChI=1S/C15H9BrCl2N2/c1-8-2-5-13-11(6-8)14(18)20-15(19-13)10-7-9(16)3-4-12(10)17/h2-7H,1H3. The first kappa shape index (κ1) is 13.8. The molecule has 0 saturated heterocycles. The molecule has 0 bridgehead atoms. The van der Waals surface area contributed by atoms with Crippen molar-refractivity contribution in [3.05, 3.63) is 56.6 Å². The maximum absolute atomic E-state index is 6.27. The van der Waals surface area contributed by atoms with Gasteiger partial charge in [-0.05, 0) is 37.3 Å². The average Bonchev–Trinajstić information content (AvgIpc) is 2.42. The Kier molecular flexibility index (Phi) is 3.67. The minimum atomic E-state index is 0.435. The minimum Gasteiger partial charge on any atom is -0.228 e. The first-order valence-corrected chi connectivity index (χ1v) is 7.49. The molecule has 0 amide bonds. The predicted molar refractivity (Wildman–Crippen MR) is 87.4 cm³/mol. The summed E-state index contributed by atoms with van der Waals surface area (Å²) >= 11 is 15.9. The summed E-state index contributed by atoms with van der Waals surface area (Å²) in [6.45, 7) is 2.01. The molecule has 0 aliphatic rings. The zero-order chi connectivity index (χ0) is 14.3. The van der Waals surface area contributed by atoms with Gasteiger partial charge in [0.2, 0.25) is 0 Å². The average molecular weight is 368 g/mol. The van der Waals surface area contributed by atoms with E-state index in [9.17, 15) is 0 Å². The zero-order valence-electron chi connectivity index (χ0n) is 10.5. The second-order valence-electron chi connectivity index (χ2n) is 4.48. The Bertz CT molecular complexity index is 818. The summed E-state index contributed by atoms with van der Waals surface area (Å²) in [7, 11) is 0. The van der Waals surface area contributed by atoms with Crippen LogP contribution in [-0.4, -0.2) is 9.97 Å². The van der Waals surface area contributed by atoms with Crippen LogP contribution in [-0.2, 0) is 0 Å². The molecule has 0 radical (unpaired) electrons. The van der Waals surface area contributed by atoms with Gasteiger partial charge in [0.05, 0.1) is 10.5 Å². The fraction of sp³-hybridized carbons (Fsp3) is 0.0667. The van der Waals surface area contributed by atoms with E-state index in [0.717, 1.165) is 26.5 Å². The third-order valence-corrected chi connectivity index (χ3v) is 4.08. The second-order valence-corrected chi connectivity index (χ2v) is 6.16. The van der Waals surface area contributed by atoms with Crippen molar-refractivity contribution in [2.75, 3.05) is 0 Å². The van der Waals surface area contributed by atoms with Crippen LogP contribution in [0.2, 0.25) is 10.2 Å². The molecule has 3 rings (SSSR count). The second kappa shape index (κ2) is 5.32. The molecule has 0 N–H and O–H groups in total. The van der Waals surface area contributed by atoms with Crippen LogP contribution in [0, 0.1) is 6.92 Å². The third kappa shape index (κ3) is 2.53. The lowest BCUT2D eigenvalue weighted by molar-refractivity contribution is 1.22. The van der Waals surface area contributed by atoms with E-state index in [4.69, 9.17) is 23.2 Å². The molecule has 0 aliphatic carbocycles. The van der Waals surface area contributed by atoms with Gasteiger partial charge >= 0.3 is 0 Å². The highest BCUT2D eigenvalue weighted by molar-refractivity contribution is 9.10. The van der Waals surface area contributed by atoms with Gasteiger partial charge in [-0.1, -0.05) is 50.8 Å². The highest BCUT2D eigenvalue weighted by atomic mass is 79.9. The van der Waals surface area contributed by atoms with Crippen LogP contribution in [0.3, 0.4) is 0 Å². The summed E-state index contributed by atoms with van der Waals surface area (Å²) in [5, 5.41) is 1.88. The van der Waals surface area contributed by atoms with Gasteiger partial charge in [-0.25, -0.2) is 9.97 Å². The van der Waals surface area contributed by atoms with Gasteiger partial charge in [0.1, 0.15) is 5.15 Å². The summed E-state index contributed by atoms with van der Waals surface area (Å²) in [5.41, 5.74) is 2.68. The lowest BCUT2D eigenvalue weighted by Gasteiger charge is -2.07. The predicted octanol–water partition coefficient (Wildman–Crippen LogP) is 5.67. The Morgan fingerprint density at radius 3 is 2.60 bits per heavy atom. The molecular formula is C15H9BrCl2N2. The van der Waals surface area contributed by atoms with Crippen molar-refractivity contribution in [3.8, 4) is 11.4 Å². The normalized spacial score (nSPS) is 11.0. The van der Waals surface area contributed by atoms with Crippen molar-refractivity contribution in [1.29, 1.82) is 0 Å². The molecule has 0 aliphatic heterocycles. The Labute approximate surface area is 134 Å². The highest BCUT2D eigenvalue weighted by Crippen LogP contribution is 2.31. The number of halogens is 3. The Hall–Kier alpha value is -1.16. The van der Waals surface area contributed by atoms with Crippen LogP contribution in [0.5, 0.6) is 0 Å². The number of hydrogen-bond donors (Lipinski definition) is 0. The van der Waals surface area contributed by atoms with Crippen LogP contribution in [0.1, 0.15) is 5.56 Å². The van der Waals surface area contributed by atoms with E-state index < -0.39 is 0 Å². The quantitative estimate of drug-likeness (QED) is 0.517. The van der Waals surface area contributed by atoms with Crippen molar-refractivity contribution in [2.45, 2.75) is 6.92 Å². The van der Waals surface area contributed by atoms with Crippen molar-refractivity contribution in [3.63, 3.8) is 0 Å². The van der Waals surface area contributed by atoms with Crippen molar-refractivity contribution < 1.29 is 0 Å². The van der Waals surface area contributed by atoms with Gasteiger partial charge in [0, 0.05) is 15.4 Å². The number of hydrogen-bond acceptors (Lipinski definition) is 2. The summed E-state index contributed by atoms with van der Waals surface area (Å²) < 4.78 is 0.917. The molecule has 1 aromatic heterocycles. The molecule has 0 atom stereocenters. The van der Waals surface area contributed by atoms with Gasteiger partial charge in [-0.15, -0.1) is 0 Å². The van der Waals surface area contributed by atoms with E-state index in [1.807, 2.05) is 37.3 Å². The molecule has 100 valence electrons. The molecular weight excluding hydrogens is 359 g/mol. The summed E-state index contributed by atoms with van der Waals surface area (Å²) in [6.07, 6.45) is 0. The van der Waals surface area contributed by atoms with Gasteiger partial charge in [0.25, 0.3) is 0 Å². The first-order valence-electron chi connectivity index (χ1n) is 5.94. The molecule has 0 fully saturated rings. The number of rotatable bonds is 1. The van der Waals surface area contributed by atoms with Gasteiger partial charge in [-0.2, -0.15) is 0 Å². The zero-order valence-corrected chi connectivity index (χ0v) is 13.6. The number of nitrogens with zero attached hydrogens (tertiary/aromatic N) is 2. The SMILES string of the molecule is Cc1ccc2nc(-c3cc(Br)ccc3Cl)nc(Cl)c2c1. The van der Waals surface area contributed by atoms with E-state index >= 15 is 0 Å². The first-order chi connectivity index (χ1) is 9.54. The van der Waals surface area contributed by atoms with Gasteiger partial charge in [-0.3, -0.25) is 0 Å². The third-order valence-electron chi connectivity index (χ3n) is 2.97. The van der Waals surface area contributed by atoms with Gasteiger partial charge < -0.3 is 0 Å². The molecule has 2 nitrogen and oxygen atoms in total. The molecule has 0 saturated carbocycles. The molecule has 0 unspecified atom stereocenters. The number of benzene rings is 2. The van der Waals surface area contributed by atoms with Gasteiger partial charge in [0.15, 0.2) is 5.82 Å². The van der Waals surface area contributed by atoms with Crippen LogP contribution < -0.4 is 0 Å². The topological polar surface area (TPSA) is 25.8 Å².